The maximum absolute atomic E-state index is 9.67. The number of hydrogen-bond acceptors (Lipinski definition) is 3. The molecule has 1 aliphatic carbocycles. The fourth-order valence-corrected chi connectivity index (χ4v) is 2.62. The van der Waals surface area contributed by atoms with Crippen LogP contribution >= 0.6 is 15.9 Å². The fourth-order valence-electron chi connectivity index (χ4n) is 2.21. The van der Waals surface area contributed by atoms with Crippen molar-refractivity contribution in [3.8, 4) is 0 Å². The van der Waals surface area contributed by atoms with Gasteiger partial charge in [-0.3, -0.25) is 4.98 Å². The van der Waals surface area contributed by atoms with Crippen molar-refractivity contribution in [1.29, 1.82) is 0 Å². The molecule has 2 unspecified atom stereocenters. The Morgan fingerprint density at radius 2 is 2.31 bits per heavy atom. The van der Waals surface area contributed by atoms with Crippen molar-refractivity contribution in [2.24, 2.45) is 5.92 Å². The van der Waals surface area contributed by atoms with Crippen LogP contribution in [0.3, 0.4) is 0 Å². The van der Waals surface area contributed by atoms with Gasteiger partial charge in [0.25, 0.3) is 0 Å². The first kappa shape index (κ1) is 12.0. The summed E-state index contributed by atoms with van der Waals surface area (Å²) in [7, 11) is 0. The highest BCUT2D eigenvalue weighted by atomic mass is 79.9. The van der Waals surface area contributed by atoms with Gasteiger partial charge in [-0.25, -0.2) is 0 Å². The van der Waals surface area contributed by atoms with Crippen LogP contribution in [-0.2, 0) is 6.54 Å². The zero-order chi connectivity index (χ0) is 11.4. The van der Waals surface area contributed by atoms with Gasteiger partial charge in [0, 0.05) is 30.0 Å². The van der Waals surface area contributed by atoms with Crippen LogP contribution < -0.4 is 5.32 Å². The van der Waals surface area contributed by atoms with E-state index < -0.39 is 0 Å². The maximum Gasteiger partial charge on any atom is 0.0580 e. The summed E-state index contributed by atoms with van der Waals surface area (Å²) in [6.07, 6.45) is 6.81. The summed E-state index contributed by atoms with van der Waals surface area (Å²) >= 11 is 3.40. The Kier molecular flexibility index (Phi) is 4.32. The molecule has 0 aliphatic heterocycles. The van der Waals surface area contributed by atoms with Gasteiger partial charge in [0.1, 0.15) is 0 Å². The topological polar surface area (TPSA) is 45.1 Å². The summed E-state index contributed by atoms with van der Waals surface area (Å²) in [6.45, 7) is 1.71. The van der Waals surface area contributed by atoms with E-state index in [1.165, 1.54) is 5.56 Å². The van der Waals surface area contributed by atoms with E-state index in [1.54, 1.807) is 6.20 Å². The lowest BCUT2D eigenvalue weighted by Crippen LogP contribution is -2.27. The maximum atomic E-state index is 9.67. The van der Waals surface area contributed by atoms with Crippen molar-refractivity contribution in [2.45, 2.75) is 31.9 Å². The molecule has 1 saturated carbocycles. The number of aliphatic hydroxyl groups is 1. The van der Waals surface area contributed by atoms with E-state index in [0.29, 0.717) is 5.92 Å². The molecule has 1 heterocycles. The number of aliphatic hydroxyl groups excluding tert-OH is 1. The van der Waals surface area contributed by atoms with Gasteiger partial charge in [0.05, 0.1) is 6.10 Å². The number of halogens is 1. The minimum atomic E-state index is -0.104. The van der Waals surface area contributed by atoms with Gasteiger partial charge in [-0.05, 0) is 46.3 Å². The number of nitrogens with zero attached hydrogens (tertiary/aromatic N) is 1. The smallest absolute Gasteiger partial charge is 0.0580 e. The molecule has 1 aromatic heterocycles. The molecule has 4 heteroatoms. The summed E-state index contributed by atoms with van der Waals surface area (Å²) in [5.41, 5.74) is 1.17. The van der Waals surface area contributed by atoms with Crippen molar-refractivity contribution < 1.29 is 5.11 Å². The van der Waals surface area contributed by atoms with E-state index in [9.17, 15) is 5.11 Å². The second-order valence-corrected chi connectivity index (χ2v) is 5.32. The second-order valence-electron chi connectivity index (χ2n) is 4.40. The molecule has 16 heavy (non-hydrogen) atoms. The molecule has 0 saturated heterocycles. The summed E-state index contributed by atoms with van der Waals surface area (Å²) in [5, 5.41) is 13.1. The van der Waals surface area contributed by atoms with Crippen molar-refractivity contribution in [1.82, 2.24) is 10.3 Å². The Balaban J connectivity index is 1.75. The van der Waals surface area contributed by atoms with Crippen LogP contribution in [0.1, 0.15) is 24.8 Å². The highest BCUT2D eigenvalue weighted by molar-refractivity contribution is 9.10. The Morgan fingerprint density at radius 1 is 1.44 bits per heavy atom. The van der Waals surface area contributed by atoms with Crippen molar-refractivity contribution in [3.05, 3.63) is 28.5 Å². The van der Waals surface area contributed by atoms with Crippen LogP contribution in [-0.4, -0.2) is 22.7 Å². The monoisotopic (exact) mass is 284 g/mol. The Bertz CT molecular complexity index is 346. The van der Waals surface area contributed by atoms with E-state index in [4.69, 9.17) is 0 Å². The van der Waals surface area contributed by atoms with Gasteiger partial charge in [-0.2, -0.15) is 0 Å². The van der Waals surface area contributed by atoms with Gasteiger partial charge in [-0.15, -0.1) is 0 Å². The van der Waals surface area contributed by atoms with Crippen LogP contribution in [0.4, 0.5) is 0 Å². The van der Waals surface area contributed by atoms with Gasteiger partial charge in [-0.1, -0.05) is 6.42 Å². The minimum Gasteiger partial charge on any atom is -0.393 e. The molecule has 0 radical (unpaired) electrons. The van der Waals surface area contributed by atoms with Crippen molar-refractivity contribution in [3.63, 3.8) is 0 Å². The third kappa shape index (κ3) is 3.27. The third-order valence-electron chi connectivity index (χ3n) is 3.12. The van der Waals surface area contributed by atoms with Crippen LogP contribution in [0.25, 0.3) is 0 Å². The van der Waals surface area contributed by atoms with Crippen LogP contribution in [0, 0.1) is 5.92 Å². The first-order valence-corrected chi connectivity index (χ1v) is 6.53. The first-order valence-electron chi connectivity index (χ1n) is 5.74. The molecule has 1 fully saturated rings. The molecule has 0 aromatic carbocycles. The van der Waals surface area contributed by atoms with E-state index in [1.807, 2.05) is 6.20 Å². The zero-order valence-electron chi connectivity index (χ0n) is 9.19. The molecule has 1 aliphatic rings. The minimum absolute atomic E-state index is 0.104. The lowest BCUT2D eigenvalue weighted by atomic mass is 10.1. The molecule has 1 aromatic rings. The average molecular weight is 285 g/mol. The first-order chi connectivity index (χ1) is 7.75. The predicted octanol–water partition coefficient (Wildman–Crippen LogP) is 2.09. The van der Waals surface area contributed by atoms with E-state index in [-0.39, 0.29) is 6.10 Å². The number of pyridine rings is 1. The molecule has 0 amide bonds. The molecule has 3 nitrogen and oxygen atoms in total. The predicted molar refractivity (Wildman–Crippen MR) is 67.0 cm³/mol. The summed E-state index contributed by atoms with van der Waals surface area (Å²) in [4.78, 5) is 4.11. The summed E-state index contributed by atoms with van der Waals surface area (Å²) < 4.78 is 1.01. The zero-order valence-corrected chi connectivity index (χ0v) is 10.8. The van der Waals surface area contributed by atoms with Gasteiger partial charge in [0.2, 0.25) is 0 Å². The molecule has 2 N–H and O–H groups in total. The standard InChI is InChI=1S/C12H17BrN2O/c13-11-4-9(6-15-8-11)5-14-7-10-2-1-3-12(10)16/h4,6,8,10,12,14,16H,1-3,5,7H2. The number of nitrogens with one attached hydrogen (secondary N) is 1. The molecular weight excluding hydrogens is 268 g/mol. The largest absolute Gasteiger partial charge is 0.393 e. The SMILES string of the molecule is OC1CCCC1CNCc1cncc(Br)c1. The normalized spacial score (nSPS) is 24.9. The number of aromatic nitrogens is 1. The highest BCUT2D eigenvalue weighted by Gasteiger charge is 2.24. The van der Waals surface area contributed by atoms with Gasteiger partial charge >= 0.3 is 0 Å². The quantitative estimate of drug-likeness (QED) is 0.890. The molecule has 2 atom stereocenters. The number of rotatable bonds is 4. The molecule has 2 rings (SSSR count). The molecule has 0 spiro atoms. The summed E-state index contributed by atoms with van der Waals surface area (Å²) in [5.74, 6) is 0.431. The van der Waals surface area contributed by atoms with E-state index >= 15 is 0 Å². The van der Waals surface area contributed by atoms with Gasteiger partial charge < -0.3 is 10.4 Å². The van der Waals surface area contributed by atoms with E-state index in [0.717, 1.165) is 36.8 Å². The van der Waals surface area contributed by atoms with Crippen molar-refractivity contribution >= 4 is 15.9 Å². The van der Waals surface area contributed by atoms with Crippen LogP contribution in [0.15, 0.2) is 22.9 Å². The Morgan fingerprint density at radius 3 is 3.00 bits per heavy atom. The summed E-state index contributed by atoms with van der Waals surface area (Å²) in [6, 6.07) is 2.06. The van der Waals surface area contributed by atoms with Gasteiger partial charge in [0.15, 0.2) is 0 Å². The van der Waals surface area contributed by atoms with Crippen LogP contribution in [0.5, 0.6) is 0 Å². The lowest BCUT2D eigenvalue weighted by Gasteiger charge is -2.14. The highest BCUT2D eigenvalue weighted by Crippen LogP contribution is 2.24. The third-order valence-corrected chi connectivity index (χ3v) is 3.55. The molecular formula is C12H17BrN2O. The number of hydrogen-bond donors (Lipinski definition) is 2. The van der Waals surface area contributed by atoms with Crippen molar-refractivity contribution in [2.75, 3.05) is 6.54 Å². The van der Waals surface area contributed by atoms with E-state index in [2.05, 4.69) is 32.3 Å². The Labute approximate surface area is 104 Å². The lowest BCUT2D eigenvalue weighted by molar-refractivity contribution is 0.131. The fraction of sp³-hybridized carbons (Fsp3) is 0.583. The average Bonchev–Trinajstić information content (AvgIpc) is 2.65. The molecule has 0 bridgehead atoms. The Hall–Kier alpha value is -0.450. The molecule has 88 valence electrons. The van der Waals surface area contributed by atoms with Crippen LogP contribution in [0.2, 0.25) is 0 Å². The second kappa shape index (κ2) is 5.75.